The van der Waals surface area contributed by atoms with E-state index in [1.165, 1.54) is 11.3 Å². The van der Waals surface area contributed by atoms with E-state index in [1.807, 2.05) is 41.8 Å². The van der Waals surface area contributed by atoms with E-state index >= 15 is 0 Å². The molecule has 0 radical (unpaired) electrons. The van der Waals surface area contributed by atoms with Crippen molar-refractivity contribution in [3.8, 4) is 0 Å². The van der Waals surface area contributed by atoms with Gasteiger partial charge in [0.2, 0.25) is 0 Å². The molecular weight excluding hydrogens is 499 g/mol. The Morgan fingerprint density at radius 2 is 2.15 bits per heavy atom. The van der Waals surface area contributed by atoms with Crippen molar-refractivity contribution in [2.24, 2.45) is 4.99 Å². The van der Waals surface area contributed by atoms with Crippen LogP contribution in [0.4, 0.5) is 0 Å². The number of nitrogens with one attached hydrogen (secondary N) is 2. The Hall–Kier alpha value is -1.43. The van der Waals surface area contributed by atoms with Crippen LogP contribution >= 0.6 is 46.9 Å². The summed E-state index contributed by atoms with van der Waals surface area (Å²) >= 11 is 7.28. The predicted molar refractivity (Wildman–Crippen MR) is 120 cm³/mol. The number of aliphatic imine (C=N–C) groups is 1. The number of aliphatic hydroxyl groups is 1. The predicted octanol–water partition coefficient (Wildman–Crippen LogP) is 2.89. The highest BCUT2D eigenvalue weighted by atomic mass is 127. The van der Waals surface area contributed by atoms with E-state index in [2.05, 4.69) is 25.8 Å². The van der Waals surface area contributed by atoms with Crippen LogP contribution in [-0.2, 0) is 6.42 Å². The molecule has 10 heteroatoms. The lowest BCUT2D eigenvalue weighted by Gasteiger charge is -2.12. The summed E-state index contributed by atoms with van der Waals surface area (Å²) in [6.45, 7) is 3.65. The van der Waals surface area contributed by atoms with Gasteiger partial charge in [0, 0.05) is 30.6 Å². The molecule has 1 unspecified atom stereocenters. The quantitative estimate of drug-likeness (QED) is 0.253. The Bertz CT molecular complexity index is 883. The third kappa shape index (κ3) is 6.03. The Kier molecular flexibility index (Phi) is 8.74. The van der Waals surface area contributed by atoms with Gasteiger partial charge in [0.15, 0.2) is 11.6 Å². The van der Waals surface area contributed by atoms with Crippen molar-refractivity contribution in [2.45, 2.75) is 19.4 Å². The Morgan fingerprint density at radius 1 is 1.30 bits per heavy atom. The summed E-state index contributed by atoms with van der Waals surface area (Å²) in [7, 11) is 0. The number of rotatable bonds is 7. The maximum Gasteiger partial charge on any atom is 0.191 e. The number of fused-ring (bicyclic) bond motifs is 1. The third-order valence-corrected chi connectivity index (χ3v) is 5.05. The first kappa shape index (κ1) is 21.9. The molecule has 0 amide bonds. The number of hydrogen-bond donors (Lipinski definition) is 3. The van der Waals surface area contributed by atoms with Crippen molar-refractivity contribution in [2.75, 3.05) is 19.6 Å². The lowest BCUT2D eigenvalue weighted by Crippen LogP contribution is -2.38. The fourth-order valence-corrected chi connectivity index (χ4v) is 3.51. The smallest absolute Gasteiger partial charge is 0.191 e. The number of guanidine groups is 1. The molecule has 0 spiro atoms. The van der Waals surface area contributed by atoms with Gasteiger partial charge in [-0.05, 0) is 31.2 Å². The van der Waals surface area contributed by atoms with Crippen LogP contribution in [0.1, 0.15) is 23.7 Å². The first-order chi connectivity index (χ1) is 12.7. The highest BCUT2D eigenvalue weighted by Crippen LogP contribution is 2.26. The Morgan fingerprint density at radius 3 is 2.89 bits per heavy atom. The zero-order chi connectivity index (χ0) is 18.4. The van der Waals surface area contributed by atoms with Crippen LogP contribution in [-0.4, -0.2) is 45.3 Å². The topological polar surface area (TPSA) is 86.8 Å². The summed E-state index contributed by atoms with van der Waals surface area (Å²) in [5, 5.41) is 25.0. The van der Waals surface area contributed by atoms with Crippen molar-refractivity contribution < 1.29 is 5.11 Å². The molecule has 3 N–H and O–H groups in total. The van der Waals surface area contributed by atoms with E-state index in [0.29, 0.717) is 23.3 Å². The van der Waals surface area contributed by atoms with Crippen molar-refractivity contribution >= 4 is 58.5 Å². The van der Waals surface area contributed by atoms with Gasteiger partial charge >= 0.3 is 0 Å². The molecule has 0 fully saturated rings. The first-order valence-electron chi connectivity index (χ1n) is 8.41. The summed E-state index contributed by atoms with van der Waals surface area (Å²) in [6, 6.07) is 9.42. The van der Waals surface area contributed by atoms with Crippen LogP contribution in [0.2, 0.25) is 4.34 Å². The molecule has 3 aromatic rings. The molecule has 0 aliphatic heterocycles. The minimum atomic E-state index is -0.664. The van der Waals surface area contributed by atoms with Crippen molar-refractivity contribution in [3.05, 3.63) is 51.6 Å². The average Bonchev–Trinajstić information content (AvgIpc) is 3.26. The molecule has 0 aromatic carbocycles. The molecule has 0 aliphatic rings. The van der Waals surface area contributed by atoms with Crippen LogP contribution in [0.15, 0.2) is 41.5 Å². The maximum absolute atomic E-state index is 10.2. The fourth-order valence-electron chi connectivity index (χ4n) is 2.47. The van der Waals surface area contributed by atoms with Gasteiger partial charge in [-0.25, -0.2) is 0 Å². The van der Waals surface area contributed by atoms with Gasteiger partial charge in [-0.15, -0.1) is 45.5 Å². The minimum absolute atomic E-state index is 0. The minimum Gasteiger partial charge on any atom is -0.386 e. The summed E-state index contributed by atoms with van der Waals surface area (Å²) < 4.78 is 2.63. The lowest BCUT2D eigenvalue weighted by atomic mass is 10.3. The zero-order valence-electron chi connectivity index (χ0n) is 14.8. The van der Waals surface area contributed by atoms with Crippen molar-refractivity contribution in [1.29, 1.82) is 0 Å². The SMILES string of the molecule is CCNC(=NCC(O)c1ccc(Cl)s1)NCCc1nnc2ccccn12.I. The van der Waals surface area contributed by atoms with Crippen LogP contribution in [0.3, 0.4) is 0 Å². The number of nitrogens with zero attached hydrogens (tertiary/aromatic N) is 4. The van der Waals surface area contributed by atoms with Crippen molar-refractivity contribution in [3.63, 3.8) is 0 Å². The van der Waals surface area contributed by atoms with Gasteiger partial charge in [0.1, 0.15) is 11.9 Å². The number of halogens is 2. The highest BCUT2D eigenvalue weighted by molar-refractivity contribution is 14.0. The molecule has 0 bridgehead atoms. The normalized spacial score (nSPS) is 12.6. The fraction of sp³-hybridized carbons (Fsp3) is 0.353. The standard InChI is InChI=1S/C17H21ClN6OS.HI/c1-2-19-17(21-11-12(25)13-6-7-14(18)26-13)20-9-8-16-23-22-15-5-3-4-10-24(15)16;/h3-7,10,12,25H,2,8-9,11H2,1H3,(H2,19,20,21);1H. The summed E-state index contributed by atoms with van der Waals surface area (Å²) in [4.78, 5) is 5.26. The molecule has 146 valence electrons. The Labute approximate surface area is 183 Å². The molecule has 3 aromatic heterocycles. The van der Waals surface area contributed by atoms with Crippen LogP contribution in [0, 0.1) is 0 Å². The number of aromatic nitrogens is 3. The van der Waals surface area contributed by atoms with E-state index in [0.717, 1.165) is 22.9 Å². The summed E-state index contributed by atoms with van der Waals surface area (Å²) in [6.07, 6.45) is 1.99. The van der Waals surface area contributed by atoms with Crippen molar-refractivity contribution in [1.82, 2.24) is 25.2 Å². The molecule has 27 heavy (non-hydrogen) atoms. The van der Waals surface area contributed by atoms with E-state index < -0.39 is 6.10 Å². The summed E-state index contributed by atoms with van der Waals surface area (Å²) in [5.41, 5.74) is 0.834. The van der Waals surface area contributed by atoms with Gasteiger partial charge in [-0.2, -0.15) is 0 Å². The van der Waals surface area contributed by atoms with E-state index in [4.69, 9.17) is 11.6 Å². The van der Waals surface area contributed by atoms with Crippen LogP contribution in [0.25, 0.3) is 5.65 Å². The maximum atomic E-state index is 10.2. The molecule has 3 rings (SSSR count). The molecule has 0 saturated carbocycles. The molecule has 7 nitrogen and oxygen atoms in total. The second-order valence-electron chi connectivity index (χ2n) is 5.60. The van der Waals surface area contributed by atoms with Gasteiger partial charge in [-0.1, -0.05) is 17.7 Å². The second kappa shape index (κ2) is 10.8. The zero-order valence-corrected chi connectivity index (χ0v) is 18.7. The monoisotopic (exact) mass is 520 g/mol. The molecule has 1 atom stereocenters. The van der Waals surface area contributed by atoms with Gasteiger partial charge in [-0.3, -0.25) is 9.39 Å². The van der Waals surface area contributed by atoms with Gasteiger partial charge in [0.05, 0.1) is 10.9 Å². The number of thiophene rings is 1. The molecule has 0 aliphatic carbocycles. The Balaban J connectivity index is 0.00000261. The van der Waals surface area contributed by atoms with Crippen LogP contribution in [0.5, 0.6) is 0 Å². The molecule has 0 saturated heterocycles. The number of hydrogen-bond acceptors (Lipinski definition) is 5. The van der Waals surface area contributed by atoms with Gasteiger partial charge < -0.3 is 15.7 Å². The number of aliphatic hydroxyl groups excluding tert-OH is 1. The number of pyridine rings is 1. The third-order valence-electron chi connectivity index (χ3n) is 3.71. The van der Waals surface area contributed by atoms with Crippen LogP contribution < -0.4 is 10.6 Å². The highest BCUT2D eigenvalue weighted by Gasteiger charge is 2.10. The second-order valence-corrected chi connectivity index (χ2v) is 7.35. The lowest BCUT2D eigenvalue weighted by molar-refractivity contribution is 0.191. The largest absolute Gasteiger partial charge is 0.386 e. The summed E-state index contributed by atoms with van der Waals surface area (Å²) in [5.74, 6) is 1.54. The molecule has 3 heterocycles. The van der Waals surface area contributed by atoms with Gasteiger partial charge in [0.25, 0.3) is 0 Å². The average molecular weight is 521 g/mol. The molecular formula is C17H22ClIN6OS. The van der Waals surface area contributed by atoms with E-state index in [-0.39, 0.29) is 30.5 Å². The van der Waals surface area contributed by atoms with E-state index in [1.54, 1.807) is 6.07 Å². The van der Waals surface area contributed by atoms with E-state index in [9.17, 15) is 5.11 Å². The first-order valence-corrected chi connectivity index (χ1v) is 9.61.